The Morgan fingerprint density at radius 3 is 2.42 bits per heavy atom. The average Bonchev–Trinajstić information content (AvgIpc) is 3.96. The van der Waals surface area contributed by atoms with Crippen molar-refractivity contribution in [2.45, 2.75) is 94.1 Å². The van der Waals surface area contributed by atoms with E-state index in [1.54, 1.807) is 26.8 Å². The molecule has 18 heteroatoms. The zero-order chi connectivity index (χ0) is 38.2. The van der Waals surface area contributed by atoms with Gasteiger partial charge in [-0.25, -0.2) is 22.4 Å². The van der Waals surface area contributed by atoms with Gasteiger partial charge in [0, 0.05) is 31.0 Å². The van der Waals surface area contributed by atoms with E-state index in [0.29, 0.717) is 24.0 Å². The minimum absolute atomic E-state index is 0.0375. The standard InChI is InChI=1S/C34H43FN6O10S/c1-6-20-14-34(20,30(45)39-52(48,49)22-11-12-22)38-28(43)26-13-21(50-32(47)40-16-19-9-8-10-24(35)23(19)18-40)17-41(26)29(44)25(15-36-27(42)7-2)37-31(46)51-33(3,4)5/h6-10,20-22,25-26H,1-2,11-18H2,3-5H3,(H,36,42)(H,37,46)(H,38,43)(H,39,45)/t20-,21-,25+,26?,34-/m1/s1. The molecule has 5 atom stereocenters. The fraction of sp³-hybridized carbons (Fsp3) is 0.529. The molecule has 16 nitrogen and oxygen atoms in total. The summed E-state index contributed by atoms with van der Waals surface area (Å²) in [7, 11) is -3.97. The molecule has 0 radical (unpaired) electrons. The van der Waals surface area contributed by atoms with E-state index in [2.05, 4.69) is 33.8 Å². The van der Waals surface area contributed by atoms with Crippen molar-refractivity contribution in [2.24, 2.45) is 5.92 Å². The number of carbonyl (C=O) groups excluding carboxylic acids is 6. The van der Waals surface area contributed by atoms with Gasteiger partial charge in [-0.15, -0.1) is 6.58 Å². The SMILES string of the molecule is C=CC(=O)NC[C@H](NC(=O)OC(C)(C)C)C(=O)N1C[C@H](OC(=O)N2Cc3cccc(F)c3C2)CC1C(=O)N[C@]1(C(=O)NS(=O)(=O)C2CC2)C[C@H]1C=C. The Bertz CT molecular complexity index is 1790. The maximum atomic E-state index is 14.4. The van der Waals surface area contributed by atoms with Gasteiger partial charge in [0.25, 0.3) is 5.91 Å². The molecule has 1 unspecified atom stereocenters. The van der Waals surface area contributed by atoms with Gasteiger partial charge < -0.3 is 30.3 Å². The molecule has 1 aromatic carbocycles. The Hall–Kier alpha value is -5.00. The number of nitrogens with one attached hydrogen (secondary N) is 4. The Morgan fingerprint density at radius 2 is 1.83 bits per heavy atom. The van der Waals surface area contributed by atoms with Crippen LogP contribution in [-0.2, 0) is 51.8 Å². The van der Waals surface area contributed by atoms with Gasteiger partial charge in [-0.1, -0.05) is 24.8 Å². The molecule has 5 rings (SSSR count). The highest BCUT2D eigenvalue weighted by Gasteiger charge is 2.62. The van der Waals surface area contributed by atoms with Crippen LogP contribution in [0.4, 0.5) is 14.0 Å². The molecule has 4 aliphatic rings. The number of carbonyl (C=O) groups is 6. The minimum Gasteiger partial charge on any atom is -0.444 e. The quantitative estimate of drug-likeness (QED) is 0.177. The van der Waals surface area contributed by atoms with Crippen LogP contribution in [0.1, 0.15) is 57.6 Å². The first-order chi connectivity index (χ1) is 24.4. The van der Waals surface area contributed by atoms with E-state index < -0.39 is 98.7 Å². The van der Waals surface area contributed by atoms with Crippen LogP contribution in [0.25, 0.3) is 0 Å². The number of nitrogens with zero attached hydrogens (tertiary/aromatic N) is 2. The minimum atomic E-state index is -3.97. The summed E-state index contributed by atoms with van der Waals surface area (Å²) >= 11 is 0. The maximum Gasteiger partial charge on any atom is 0.410 e. The highest BCUT2D eigenvalue weighted by Crippen LogP contribution is 2.45. The van der Waals surface area contributed by atoms with E-state index in [1.807, 2.05) is 0 Å². The molecule has 282 valence electrons. The number of halogens is 1. The maximum absolute atomic E-state index is 14.4. The number of rotatable bonds is 12. The van der Waals surface area contributed by atoms with Gasteiger partial charge in [0.15, 0.2) is 0 Å². The third-order valence-electron chi connectivity index (χ3n) is 9.20. The van der Waals surface area contributed by atoms with Crippen LogP contribution in [0, 0.1) is 11.7 Å². The first-order valence-electron chi connectivity index (χ1n) is 16.8. The fourth-order valence-corrected chi connectivity index (χ4v) is 7.61. The number of hydrogen-bond donors (Lipinski definition) is 4. The summed E-state index contributed by atoms with van der Waals surface area (Å²) < 4.78 is 52.7. The van der Waals surface area contributed by atoms with E-state index in [4.69, 9.17) is 9.47 Å². The zero-order valence-corrected chi connectivity index (χ0v) is 29.9. The first kappa shape index (κ1) is 38.2. The largest absolute Gasteiger partial charge is 0.444 e. The van der Waals surface area contributed by atoms with Gasteiger partial charge in [-0.3, -0.25) is 28.8 Å². The van der Waals surface area contributed by atoms with E-state index >= 15 is 0 Å². The van der Waals surface area contributed by atoms with Gasteiger partial charge in [0.05, 0.1) is 18.3 Å². The molecule has 6 amide bonds. The number of sulfonamides is 1. The van der Waals surface area contributed by atoms with Crippen molar-refractivity contribution in [3.63, 3.8) is 0 Å². The van der Waals surface area contributed by atoms with Gasteiger partial charge in [0.1, 0.15) is 35.1 Å². The molecule has 1 saturated heterocycles. The van der Waals surface area contributed by atoms with Crippen molar-refractivity contribution in [1.82, 2.24) is 30.5 Å². The summed E-state index contributed by atoms with van der Waals surface area (Å²) in [5.41, 5.74) is -1.69. The number of alkyl carbamates (subject to hydrolysis) is 1. The molecule has 2 aliphatic heterocycles. The molecule has 52 heavy (non-hydrogen) atoms. The Morgan fingerprint density at radius 1 is 1.12 bits per heavy atom. The van der Waals surface area contributed by atoms with Gasteiger partial charge in [0.2, 0.25) is 27.7 Å². The summed E-state index contributed by atoms with van der Waals surface area (Å²) in [5.74, 6) is -4.44. The lowest BCUT2D eigenvalue weighted by atomic mass is 10.1. The number of ether oxygens (including phenoxy) is 2. The van der Waals surface area contributed by atoms with Crippen LogP contribution < -0.4 is 20.7 Å². The summed E-state index contributed by atoms with van der Waals surface area (Å²) in [6, 6.07) is 1.61. The third kappa shape index (κ3) is 8.54. The average molecular weight is 747 g/mol. The summed E-state index contributed by atoms with van der Waals surface area (Å²) in [6.07, 6.45) is 0.0355. The van der Waals surface area contributed by atoms with Crippen molar-refractivity contribution in [3.8, 4) is 0 Å². The summed E-state index contributed by atoms with van der Waals surface area (Å²) in [4.78, 5) is 82.0. The van der Waals surface area contributed by atoms with E-state index in [0.717, 1.165) is 11.0 Å². The van der Waals surface area contributed by atoms with Crippen LogP contribution in [0.15, 0.2) is 43.5 Å². The van der Waals surface area contributed by atoms with Gasteiger partial charge in [-0.2, -0.15) is 0 Å². The number of amides is 6. The smallest absolute Gasteiger partial charge is 0.410 e. The molecule has 4 N–H and O–H groups in total. The van der Waals surface area contributed by atoms with E-state index in [-0.39, 0.29) is 32.5 Å². The van der Waals surface area contributed by atoms with Crippen molar-refractivity contribution < 1.29 is 51.0 Å². The lowest BCUT2D eigenvalue weighted by Crippen LogP contribution is -2.59. The Kier molecular flexibility index (Phi) is 10.7. The van der Waals surface area contributed by atoms with Crippen molar-refractivity contribution in [3.05, 3.63) is 60.5 Å². The Balaban J connectivity index is 1.38. The number of hydrogen-bond acceptors (Lipinski definition) is 10. The molecule has 0 bridgehead atoms. The van der Waals surface area contributed by atoms with Crippen LogP contribution in [-0.4, -0.2) is 102 Å². The molecule has 2 heterocycles. The van der Waals surface area contributed by atoms with E-state index in [1.165, 1.54) is 23.1 Å². The normalized spacial score (nSPS) is 24.1. The highest BCUT2D eigenvalue weighted by molar-refractivity contribution is 7.91. The van der Waals surface area contributed by atoms with Crippen LogP contribution >= 0.6 is 0 Å². The second-order valence-electron chi connectivity index (χ2n) is 14.3. The lowest BCUT2D eigenvalue weighted by molar-refractivity contribution is -0.141. The van der Waals surface area contributed by atoms with Crippen molar-refractivity contribution in [1.29, 1.82) is 0 Å². The predicted octanol–water partition coefficient (Wildman–Crippen LogP) is 1.11. The predicted molar refractivity (Wildman–Crippen MR) is 182 cm³/mol. The van der Waals surface area contributed by atoms with Crippen LogP contribution in [0.2, 0.25) is 0 Å². The topological polar surface area (TPSA) is 210 Å². The summed E-state index contributed by atoms with van der Waals surface area (Å²) in [5, 5.41) is 6.77. The van der Waals surface area contributed by atoms with Crippen molar-refractivity contribution >= 4 is 45.8 Å². The second kappa shape index (κ2) is 14.6. The van der Waals surface area contributed by atoms with Crippen molar-refractivity contribution in [2.75, 3.05) is 13.1 Å². The summed E-state index contributed by atoms with van der Waals surface area (Å²) in [6.45, 7) is 11.1. The zero-order valence-electron chi connectivity index (χ0n) is 29.1. The number of benzene rings is 1. The fourth-order valence-electron chi connectivity index (χ4n) is 6.25. The highest BCUT2D eigenvalue weighted by atomic mass is 32.2. The van der Waals surface area contributed by atoms with Crippen LogP contribution in [0.5, 0.6) is 0 Å². The second-order valence-corrected chi connectivity index (χ2v) is 16.3. The Labute approximate surface area is 300 Å². The number of likely N-dealkylation sites (tertiary alicyclic amines) is 1. The molecule has 2 aliphatic carbocycles. The van der Waals surface area contributed by atoms with Gasteiger partial charge >= 0.3 is 12.2 Å². The molecular formula is C34H43FN6O10S. The monoisotopic (exact) mass is 746 g/mol. The molecule has 0 spiro atoms. The first-order valence-corrected chi connectivity index (χ1v) is 18.3. The molecule has 2 saturated carbocycles. The molecule has 1 aromatic rings. The van der Waals surface area contributed by atoms with Crippen LogP contribution in [0.3, 0.4) is 0 Å². The molecule has 3 fully saturated rings. The lowest BCUT2D eigenvalue weighted by Gasteiger charge is -2.30. The number of fused-ring (bicyclic) bond motifs is 1. The third-order valence-corrected chi connectivity index (χ3v) is 11.0. The molecule has 0 aromatic heterocycles. The molecular weight excluding hydrogens is 703 g/mol. The van der Waals surface area contributed by atoms with Gasteiger partial charge in [-0.05, 0) is 57.7 Å². The van der Waals surface area contributed by atoms with E-state index in [9.17, 15) is 41.6 Å².